The number of ether oxygens (including phenoxy) is 1. The van der Waals surface area contributed by atoms with Crippen LogP contribution in [0.15, 0.2) is 0 Å². The molecule has 0 saturated carbocycles. The highest BCUT2D eigenvalue weighted by Gasteiger charge is 2.55. The molecule has 0 aliphatic carbocycles. The maximum atomic E-state index is 11.8. The molecule has 5 nitrogen and oxygen atoms in total. The number of hydrogen-bond donors (Lipinski definition) is 1. The molecule has 0 radical (unpaired) electrons. The van der Waals surface area contributed by atoms with Gasteiger partial charge in [-0.25, -0.2) is 0 Å². The number of carbonyl (C=O) groups excluding carboxylic acids is 1. The van der Waals surface area contributed by atoms with Gasteiger partial charge in [0.25, 0.3) is 0 Å². The molecule has 0 aromatic heterocycles. The van der Waals surface area contributed by atoms with Crippen LogP contribution in [0.4, 0.5) is 0 Å². The average Bonchev–Trinajstić information content (AvgIpc) is 2.74. The highest BCUT2D eigenvalue weighted by atomic mass is 16.5. The van der Waals surface area contributed by atoms with Crippen molar-refractivity contribution in [3.05, 3.63) is 0 Å². The van der Waals surface area contributed by atoms with Crippen LogP contribution in [0.1, 0.15) is 12.8 Å². The summed E-state index contributed by atoms with van der Waals surface area (Å²) in [5.74, 6) is -2.19. The Balaban J connectivity index is 2.22. The molecule has 15 heavy (non-hydrogen) atoms. The number of hydrogen-bond acceptors (Lipinski definition) is 3. The summed E-state index contributed by atoms with van der Waals surface area (Å²) >= 11 is 0. The first-order valence-corrected chi connectivity index (χ1v) is 5.12. The van der Waals surface area contributed by atoms with Gasteiger partial charge in [-0.15, -0.1) is 0 Å². The topological polar surface area (TPSA) is 66.8 Å². The van der Waals surface area contributed by atoms with E-state index in [0.29, 0.717) is 0 Å². The van der Waals surface area contributed by atoms with E-state index in [1.807, 2.05) is 0 Å². The molecule has 4 atom stereocenters. The zero-order chi connectivity index (χ0) is 11.2. The van der Waals surface area contributed by atoms with Gasteiger partial charge in [-0.2, -0.15) is 0 Å². The van der Waals surface area contributed by atoms with E-state index in [-0.39, 0.29) is 18.1 Å². The Morgan fingerprint density at radius 2 is 1.73 bits per heavy atom. The minimum absolute atomic E-state index is 0.130. The first-order chi connectivity index (χ1) is 7.02. The van der Waals surface area contributed by atoms with Crippen LogP contribution in [0.2, 0.25) is 0 Å². The van der Waals surface area contributed by atoms with E-state index in [2.05, 4.69) is 0 Å². The Labute approximate surface area is 88.0 Å². The molecule has 2 rings (SSSR count). The maximum Gasteiger partial charge on any atom is 0.310 e. The number of carbonyl (C=O) groups is 2. The molecule has 0 unspecified atom stereocenters. The third kappa shape index (κ3) is 1.51. The number of nitrogens with zero attached hydrogens (tertiary/aromatic N) is 1. The molecular formula is C10H15NO4. The van der Waals surface area contributed by atoms with Gasteiger partial charge in [0.05, 0.1) is 24.0 Å². The van der Waals surface area contributed by atoms with Gasteiger partial charge in [0.1, 0.15) is 0 Å². The second-order valence-electron chi connectivity index (χ2n) is 4.41. The van der Waals surface area contributed by atoms with E-state index in [4.69, 9.17) is 9.84 Å². The van der Waals surface area contributed by atoms with Crippen molar-refractivity contribution in [1.29, 1.82) is 0 Å². The maximum absolute atomic E-state index is 11.8. The summed E-state index contributed by atoms with van der Waals surface area (Å²) in [5, 5.41) is 9.09. The Kier molecular flexibility index (Phi) is 2.42. The third-order valence-corrected chi connectivity index (χ3v) is 3.28. The molecule has 0 aromatic rings. The smallest absolute Gasteiger partial charge is 0.310 e. The molecule has 0 aromatic carbocycles. The normalized spacial score (nSPS) is 38.0. The second kappa shape index (κ2) is 3.48. The van der Waals surface area contributed by atoms with E-state index in [1.54, 1.807) is 14.1 Å². The molecule has 0 spiro atoms. The van der Waals surface area contributed by atoms with Crippen LogP contribution in [-0.4, -0.2) is 48.2 Å². The van der Waals surface area contributed by atoms with E-state index >= 15 is 0 Å². The lowest BCUT2D eigenvalue weighted by atomic mass is 9.78. The van der Waals surface area contributed by atoms with Crippen LogP contribution in [-0.2, 0) is 14.3 Å². The van der Waals surface area contributed by atoms with Crippen molar-refractivity contribution in [2.45, 2.75) is 25.0 Å². The monoisotopic (exact) mass is 213 g/mol. The molecule has 1 N–H and O–H groups in total. The molecule has 2 aliphatic heterocycles. The SMILES string of the molecule is CN(C)C(=O)[C@H]1[C@@H](C(=O)O)[C@@H]2CC[C@H]1O2. The van der Waals surface area contributed by atoms with Crippen molar-refractivity contribution < 1.29 is 19.4 Å². The molecular weight excluding hydrogens is 198 g/mol. The minimum Gasteiger partial charge on any atom is -0.481 e. The fourth-order valence-corrected chi connectivity index (χ4v) is 2.60. The number of amides is 1. The van der Waals surface area contributed by atoms with E-state index in [9.17, 15) is 9.59 Å². The molecule has 84 valence electrons. The number of carboxylic acid groups (broad SMARTS) is 1. The van der Waals surface area contributed by atoms with Gasteiger partial charge >= 0.3 is 5.97 Å². The lowest BCUT2D eigenvalue weighted by Gasteiger charge is -2.26. The van der Waals surface area contributed by atoms with Crippen LogP contribution in [0.25, 0.3) is 0 Å². The summed E-state index contributed by atoms with van der Waals surface area (Å²) in [6.07, 6.45) is 1.12. The highest BCUT2D eigenvalue weighted by molar-refractivity contribution is 5.86. The second-order valence-corrected chi connectivity index (χ2v) is 4.41. The van der Waals surface area contributed by atoms with Gasteiger partial charge < -0.3 is 14.7 Å². The van der Waals surface area contributed by atoms with Crippen LogP contribution < -0.4 is 0 Å². The largest absolute Gasteiger partial charge is 0.481 e. The summed E-state index contributed by atoms with van der Waals surface area (Å²) in [7, 11) is 3.29. The van der Waals surface area contributed by atoms with Crippen molar-refractivity contribution in [2.75, 3.05) is 14.1 Å². The number of aliphatic carboxylic acids is 1. The number of carboxylic acids is 1. The molecule has 5 heteroatoms. The Hall–Kier alpha value is -1.10. The van der Waals surface area contributed by atoms with Gasteiger partial charge in [0.2, 0.25) is 5.91 Å². The standard InChI is InChI=1S/C10H15NO4/c1-11(2)9(12)7-5-3-4-6(15-5)8(7)10(13)14/h5-8H,3-4H2,1-2H3,(H,13,14)/t5-,6+,7-,8+/m1/s1. The van der Waals surface area contributed by atoms with Gasteiger partial charge in [-0.1, -0.05) is 0 Å². The first kappa shape index (κ1) is 10.4. The van der Waals surface area contributed by atoms with Gasteiger partial charge in [-0.05, 0) is 12.8 Å². The van der Waals surface area contributed by atoms with Crippen LogP contribution in [0, 0.1) is 11.8 Å². The summed E-state index contributed by atoms with van der Waals surface area (Å²) in [4.78, 5) is 24.4. The molecule has 1 amide bonds. The van der Waals surface area contributed by atoms with Crippen LogP contribution in [0.3, 0.4) is 0 Å². The summed E-state index contributed by atoms with van der Waals surface area (Å²) < 4.78 is 5.50. The molecule has 2 aliphatic rings. The van der Waals surface area contributed by atoms with E-state index < -0.39 is 17.8 Å². The lowest BCUT2D eigenvalue weighted by molar-refractivity contribution is -0.149. The highest BCUT2D eigenvalue weighted by Crippen LogP contribution is 2.44. The molecule has 2 fully saturated rings. The van der Waals surface area contributed by atoms with Crippen LogP contribution in [0.5, 0.6) is 0 Å². The Bertz CT molecular complexity index is 302. The predicted molar refractivity (Wildman–Crippen MR) is 51.2 cm³/mol. The molecule has 2 heterocycles. The predicted octanol–water partition coefficient (Wildman–Crippen LogP) is -0.0472. The van der Waals surface area contributed by atoms with Gasteiger partial charge in [0.15, 0.2) is 0 Å². The first-order valence-electron chi connectivity index (χ1n) is 5.12. The number of rotatable bonds is 2. The molecule has 2 saturated heterocycles. The molecule has 2 bridgehead atoms. The number of fused-ring (bicyclic) bond motifs is 2. The van der Waals surface area contributed by atoms with E-state index in [1.165, 1.54) is 4.90 Å². The zero-order valence-corrected chi connectivity index (χ0v) is 8.84. The van der Waals surface area contributed by atoms with Crippen molar-refractivity contribution in [1.82, 2.24) is 4.90 Å². The fourth-order valence-electron chi connectivity index (χ4n) is 2.60. The lowest BCUT2D eigenvalue weighted by Crippen LogP contribution is -2.43. The van der Waals surface area contributed by atoms with Crippen molar-refractivity contribution in [3.63, 3.8) is 0 Å². The minimum atomic E-state index is -0.914. The van der Waals surface area contributed by atoms with Crippen molar-refractivity contribution >= 4 is 11.9 Å². The van der Waals surface area contributed by atoms with Crippen LogP contribution >= 0.6 is 0 Å². The Morgan fingerprint density at radius 1 is 1.20 bits per heavy atom. The summed E-state index contributed by atoms with van der Waals surface area (Å²) in [5.41, 5.74) is 0. The average molecular weight is 213 g/mol. The fraction of sp³-hybridized carbons (Fsp3) is 0.800. The zero-order valence-electron chi connectivity index (χ0n) is 8.84. The van der Waals surface area contributed by atoms with E-state index in [0.717, 1.165) is 12.8 Å². The summed E-state index contributed by atoms with van der Waals surface area (Å²) in [6.45, 7) is 0. The Morgan fingerprint density at radius 3 is 2.20 bits per heavy atom. The summed E-state index contributed by atoms with van der Waals surface area (Å²) in [6, 6.07) is 0. The van der Waals surface area contributed by atoms with Gasteiger partial charge in [-0.3, -0.25) is 9.59 Å². The third-order valence-electron chi connectivity index (χ3n) is 3.28. The van der Waals surface area contributed by atoms with Gasteiger partial charge in [0, 0.05) is 14.1 Å². The van der Waals surface area contributed by atoms with Crippen molar-refractivity contribution in [3.8, 4) is 0 Å². The quantitative estimate of drug-likeness (QED) is 0.698. The van der Waals surface area contributed by atoms with Crippen molar-refractivity contribution in [2.24, 2.45) is 11.8 Å².